The molecule has 1 aromatic heterocycles. The second kappa shape index (κ2) is 9.15. The first-order valence-electron chi connectivity index (χ1n) is 10.4. The number of hydrogen-bond donors (Lipinski definition) is 0. The summed E-state index contributed by atoms with van der Waals surface area (Å²) in [6, 6.07) is 10.7. The third kappa shape index (κ3) is 4.68. The lowest BCUT2D eigenvalue weighted by molar-refractivity contribution is 0.0718. The van der Waals surface area contributed by atoms with Crippen molar-refractivity contribution >= 4 is 12.0 Å². The monoisotopic (exact) mass is 379 g/mol. The standard InChI is InChI=1S/C22H29N5O/c28-22(26-15-5-2-6-16-26)21-18-27(24-23-21)20-12-8-14-25(17-20)13-7-11-19-9-3-1-4-10-19/h1,3-4,7,9-11,18,20H,2,5-6,8,12-17H2. The van der Waals surface area contributed by atoms with Gasteiger partial charge in [-0.1, -0.05) is 47.7 Å². The van der Waals surface area contributed by atoms with Crippen LogP contribution in [0.1, 0.15) is 54.2 Å². The molecule has 0 N–H and O–H groups in total. The number of piperidine rings is 2. The third-order valence-corrected chi connectivity index (χ3v) is 5.70. The number of rotatable bonds is 5. The molecule has 1 amide bonds. The van der Waals surface area contributed by atoms with E-state index in [-0.39, 0.29) is 11.9 Å². The van der Waals surface area contributed by atoms with E-state index >= 15 is 0 Å². The lowest BCUT2D eigenvalue weighted by atomic mass is 10.1. The maximum absolute atomic E-state index is 12.6. The summed E-state index contributed by atoms with van der Waals surface area (Å²) in [4.78, 5) is 17.0. The van der Waals surface area contributed by atoms with E-state index in [4.69, 9.17) is 0 Å². The summed E-state index contributed by atoms with van der Waals surface area (Å²) >= 11 is 0. The lowest BCUT2D eigenvalue weighted by Gasteiger charge is -2.31. The quantitative estimate of drug-likeness (QED) is 0.800. The van der Waals surface area contributed by atoms with Crippen LogP contribution < -0.4 is 0 Å². The smallest absolute Gasteiger partial charge is 0.276 e. The highest BCUT2D eigenvalue weighted by Crippen LogP contribution is 2.21. The number of carbonyl (C=O) groups excluding carboxylic acids is 1. The Balaban J connectivity index is 1.33. The number of benzene rings is 1. The first kappa shape index (κ1) is 18.9. The van der Waals surface area contributed by atoms with Gasteiger partial charge in [-0.25, -0.2) is 4.68 Å². The van der Waals surface area contributed by atoms with Crippen molar-refractivity contribution < 1.29 is 4.79 Å². The first-order chi connectivity index (χ1) is 13.8. The van der Waals surface area contributed by atoms with Gasteiger partial charge in [0.05, 0.1) is 12.2 Å². The van der Waals surface area contributed by atoms with Crippen LogP contribution in [0.4, 0.5) is 0 Å². The molecule has 0 saturated carbocycles. The minimum Gasteiger partial charge on any atom is -0.337 e. The SMILES string of the molecule is O=C(c1cn(C2CCCN(CC=Cc3ccccc3)C2)nn1)N1CCCCC1. The second-order valence-corrected chi connectivity index (χ2v) is 7.81. The molecule has 0 bridgehead atoms. The molecule has 1 unspecified atom stereocenters. The fraction of sp³-hybridized carbons (Fsp3) is 0.500. The van der Waals surface area contributed by atoms with Crippen molar-refractivity contribution in [2.45, 2.75) is 38.1 Å². The number of amides is 1. The Morgan fingerprint density at radius 2 is 1.89 bits per heavy atom. The van der Waals surface area contributed by atoms with E-state index in [1.807, 2.05) is 21.8 Å². The summed E-state index contributed by atoms with van der Waals surface area (Å²) in [6.45, 7) is 4.66. The summed E-state index contributed by atoms with van der Waals surface area (Å²) in [6.07, 6.45) is 11.9. The summed E-state index contributed by atoms with van der Waals surface area (Å²) in [5.74, 6) is 0.0319. The Morgan fingerprint density at radius 1 is 1.07 bits per heavy atom. The van der Waals surface area contributed by atoms with Crippen LogP contribution in [-0.4, -0.2) is 63.4 Å². The van der Waals surface area contributed by atoms with Crippen LogP contribution >= 0.6 is 0 Å². The molecule has 2 saturated heterocycles. The van der Waals surface area contributed by atoms with Gasteiger partial charge in [-0.3, -0.25) is 9.69 Å². The Morgan fingerprint density at radius 3 is 2.71 bits per heavy atom. The van der Waals surface area contributed by atoms with Crippen molar-refractivity contribution in [2.24, 2.45) is 0 Å². The number of nitrogens with zero attached hydrogens (tertiary/aromatic N) is 5. The molecule has 148 valence electrons. The van der Waals surface area contributed by atoms with Gasteiger partial charge in [-0.2, -0.15) is 0 Å². The normalized spacial score (nSPS) is 21.3. The topological polar surface area (TPSA) is 54.3 Å². The fourth-order valence-corrected chi connectivity index (χ4v) is 4.13. The van der Waals surface area contributed by atoms with Gasteiger partial charge in [0, 0.05) is 26.2 Å². The molecule has 3 heterocycles. The number of likely N-dealkylation sites (tertiary alicyclic amines) is 2. The molecule has 6 heteroatoms. The Labute approximate surface area is 166 Å². The summed E-state index contributed by atoms with van der Waals surface area (Å²) in [5, 5.41) is 8.48. The highest BCUT2D eigenvalue weighted by atomic mass is 16.2. The number of aromatic nitrogens is 3. The minimum absolute atomic E-state index is 0.0319. The number of carbonyl (C=O) groups is 1. The van der Waals surface area contributed by atoms with Gasteiger partial charge in [0.15, 0.2) is 5.69 Å². The van der Waals surface area contributed by atoms with Crippen molar-refractivity contribution in [3.63, 3.8) is 0 Å². The molecular weight excluding hydrogens is 350 g/mol. The average Bonchev–Trinajstić information content (AvgIpc) is 3.25. The largest absolute Gasteiger partial charge is 0.337 e. The molecule has 0 spiro atoms. The van der Waals surface area contributed by atoms with E-state index in [2.05, 4.69) is 51.6 Å². The maximum Gasteiger partial charge on any atom is 0.276 e. The van der Waals surface area contributed by atoms with E-state index < -0.39 is 0 Å². The first-order valence-corrected chi connectivity index (χ1v) is 10.4. The van der Waals surface area contributed by atoms with E-state index in [0.717, 1.165) is 58.4 Å². The van der Waals surface area contributed by atoms with Crippen LogP contribution in [0.2, 0.25) is 0 Å². The molecule has 4 rings (SSSR count). The zero-order chi connectivity index (χ0) is 19.2. The highest BCUT2D eigenvalue weighted by molar-refractivity contribution is 5.91. The molecule has 28 heavy (non-hydrogen) atoms. The Kier molecular flexibility index (Phi) is 6.17. The predicted molar refractivity (Wildman–Crippen MR) is 110 cm³/mol. The third-order valence-electron chi connectivity index (χ3n) is 5.70. The van der Waals surface area contributed by atoms with Gasteiger partial charge < -0.3 is 4.90 Å². The molecule has 2 aromatic rings. The van der Waals surface area contributed by atoms with Crippen LogP contribution in [-0.2, 0) is 0 Å². The molecule has 6 nitrogen and oxygen atoms in total. The highest BCUT2D eigenvalue weighted by Gasteiger charge is 2.25. The van der Waals surface area contributed by atoms with Crippen LogP contribution in [0.5, 0.6) is 0 Å². The van der Waals surface area contributed by atoms with Crippen LogP contribution in [0.15, 0.2) is 42.6 Å². The van der Waals surface area contributed by atoms with Crippen molar-refractivity contribution in [2.75, 3.05) is 32.7 Å². The van der Waals surface area contributed by atoms with E-state index in [0.29, 0.717) is 5.69 Å². The van der Waals surface area contributed by atoms with Crippen molar-refractivity contribution in [1.29, 1.82) is 0 Å². The summed E-state index contributed by atoms with van der Waals surface area (Å²) < 4.78 is 1.91. The average molecular weight is 380 g/mol. The zero-order valence-corrected chi connectivity index (χ0v) is 16.4. The van der Waals surface area contributed by atoms with Gasteiger partial charge in [-0.15, -0.1) is 5.10 Å². The van der Waals surface area contributed by atoms with Gasteiger partial charge in [0.25, 0.3) is 5.91 Å². The lowest BCUT2D eigenvalue weighted by Crippen LogP contribution is -2.37. The van der Waals surface area contributed by atoms with Gasteiger partial charge in [-0.05, 0) is 44.2 Å². The van der Waals surface area contributed by atoms with E-state index in [1.165, 1.54) is 12.0 Å². The van der Waals surface area contributed by atoms with Gasteiger partial charge >= 0.3 is 0 Å². The second-order valence-electron chi connectivity index (χ2n) is 7.81. The van der Waals surface area contributed by atoms with Crippen molar-refractivity contribution in [3.05, 3.63) is 53.9 Å². The van der Waals surface area contributed by atoms with Gasteiger partial charge in [0.2, 0.25) is 0 Å². The molecule has 2 fully saturated rings. The van der Waals surface area contributed by atoms with Crippen LogP contribution in [0, 0.1) is 0 Å². The van der Waals surface area contributed by atoms with E-state index in [9.17, 15) is 4.79 Å². The summed E-state index contributed by atoms with van der Waals surface area (Å²) in [5.41, 5.74) is 1.72. The Hall–Kier alpha value is -2.47. The minimum atomic E-state index is 0.0319. The molecular formula is C22H29N5O. The molecule has 0 radical (unpaired) electrons. The maximum atomic E-state index is 12.6. The van der Waals surface area contributed by atoms with Crippen LogP contribution in [0.25, 0.3) is 6.08 Å². The fourth-order valence-electron chi connectivity index (χ4n) is 4.13. The zero-order valence-electron chi connectivity index (χ0n) is 16.4. The summed E-state index contributed by atoms with van der Waals surface area (Å²) in [7, 11) is 0. The van der Waals surface area contributed by atoms with E-state index in [1.54, 1.807) is 0 Å². The van der Waals surface area contributed by atoms with Crippen molar-refractivity contribution in [1.82, 2.24) is 24.8 Å². The van der Waals surface area contributed by atoms with Gasteiger partial charge in [0.1, 0.15) is 0 Å². The molecule has 2 aliphatic heterocycles. The molecule has 2 aliphatic rings. The Bertz CT molecular complexity index is 794. The molecule has 1 atom stereocenters. The number of hydrogen-bond acceptors (Lipinski definition) is 4. The van der Waals surface area contributed by atoms with Crippen molar-refractivity contribution in [3.8, 4) is 0 Å². The van der Waals surface area contributed by atoms with Crippen LogP contribution in [0.3, 0.4) is 0 Å². The predicted octanol–water partition coefficient (Wildman–Crippen LogP) is 3.25. The molecule has 0 aliphatic carbocycles. The molecule has 1 aromatic carbocycles.